The van der Waals surface area contributed by atoms with Crippen molar-refractivity contribution in [2.24, 2.45) is 0 Å². The maximum absolute atomic E-state index is 9.85. The first kappa shape index (κ1) is 23.7. The Morgan fingerprint density at radius 2 is 1.66 bits per heavy atom. The number of aliphatic hydroxyl groups excluding tert-OH is 1. The summed E-state index contributed by atoms with van der Waals surface area (Å²) in [6.07, 6.45) is 4.80. The normalized spacial score (nSPS) is 18.4. The molecule has 7 nitrogen and oxygen atoms in total. The molecule has 4 heterocycles. The van der Waals surface area contributed by atoms with Gasteiger partial charge in [-0.05, 0) is 25.7 Å². The molecule has 1 saturated carbocycles. The SMILES string of the molecule is OCC1(Nc2nc(N3CCC(c4nc(-c5ccccc5)c(-c5ccccc5)o4)CC3)nc3c2SCC3)CC1. The van der Waals surface area contributed by atoms with Crippen LogP contribution in [-0.4, -0.2) is 51.0 Å². The van der Waals surface area contributed by atoms with Gasteiger partial charge in [0, 0.05) is 42.3 Å². The molecule has 3 aliphatic rings. The number of oxazole rings is 1. The van der Waals surface area contributed by atoms with E-state index in [4.69, 9.17) is 19.4 Å². The van der Waals surface area contributed by atoms with E-state index < -0.39 is 0 Å². The van der Waals surface area contributed by atoms with Crippen molar-refractivity contribution in [2.75, 3.05) is 35.7 Å². The van der Waals surface area contributed by atoms with Gasteiger partial charge in [-0.3, -0.25) is 0 Å². The Balaban J connectivity index is 1.13. The van der Waals surface area contributed by atoms with Gasteiger partial charge in [-0.25, -0.2) is 9.97 Å². The summed E-state index contributed by atoms with van der Waals surface area (Å²) < 4.78 is 6.49. The highest BCUT2D eigenvalue weighted by atomic mass is 32.2. The molecule has 1 saturated heterocycles. The van der Waals surface area contributed by atoms with Gasteiger partial charge in [-0.15, -0.1) is 11.8 Å². The van der Waals surface area contributed by atoms with Crippen molar-refractivity contribution in [3.8, 4) is 22.6 Å². The lowest BCUT2D eigenvalue weighted by Crippen LogP contribution is -2.35. The summed E-state index contributed by atoms with van der Waals surface area (Å²) >= 11 is 1.82. The third-order valence-corrected chi connectivity index (χ3v) is 9.03. The lowest BCUT2D eigenvalue weighted by atomic mass is 9.97. The molecule has 1 aliphatic carbocycles. The highest BCUT2D eigenvalue weighted by Gasteiger charge is 2.43. The number of hydrogen-bond donors (Lipinski definition) is 2. The van der Waals surface area contributed by atoms with E-state index in [0.717, 1.165) is 102 Å². The number of aromatic nitrogens is 3. The minimum Gasteiger partial charge on any atom is -0.440 e. The van der Waals surface area contributed by atoms with Gasteiger partial charge in [0.2, 0.25) is 5.95 Å². The van der Waals surface area contributed by atoms with Crippen LogP contribution in [-0.2, 0) is 6.42 Å². The summed E-state index contributed by atoms with van der Waals surface area (Å²) in [4.78, 5) is 18.4. The van der Waals surface area contributed by atoms with Crippen LogP contribution in [0.5, 0.6) is 0 Å². The van der Waals surface area contributed by atoms with Crippen LogP contribution in [0.4, 0.5) is 11.8 Å². The fourth-order valence-corrected chi connectivity index (χ4v) is 6.47. The zero-order chi connectivity index (χ0) is 25.5. The molecule has 0 bridgehead atoms. The van der Waals surface area contributed by atoms with Crippen molar-refractivity contribution >= 4 is 23.5 Å². The molecule has 2 N–H and O–H groups in total. The van der Waals surface area contributed by atoms with Crippen LogP contribution in [0, 0.1) is 0 Å². The van der Waals surface area contributed by atoms with Gasteiger partial charge in [0.05, 0.1) is 22.7 Å². The van der Waals surface area contributed by atoms with Crippen LogP contribution in [0.2, 0.25) is 0 Å². The number of rotatable bonds is 7. The molecular formula is C30H31N5O2S. The Kier molecular flexibility index (Phi) is 6.09. The molecule has 4 aromatic rings. The molecule has 2 fully saturated rings. The van der Waals surface area contributed by atoms with Crippen molar-refractivity contribution in [3.05, 3.63) is 72.2 Å². The molecular weight excluding hydrogens is 494 g/mol. The largest absolute Gasteiger partial charge is 0.440 e. The second kappa shape index (κ2) is 9.75. The summed E-state index contributed by atoms with van der Waals surface area (Å²) in [5.74, 6) is 4.63. The Labute approximate surface area is 226 Å². The van der Waals surface area contributed by atoms with Gasteiger partial charge in [0.25, 0.3) is 0 Å². The van der Waals surface area contributed by atoms with E-state index in [2.05, 4.69) is 34.5 Å². The number of nitrogens with zero attached hydrogens (tertiary/aromatic N) is 4. The van der Waals surface area contributed by atoms with Crippen LogP contribution in [0.1, 0.15) is 43.2 Å². The van der Waals surface area contributed by atoms with Crippen molar-refractivity contribution < 1.29 is 9.52 Å². The van der Waals surface area contributed by atoms with Crippen molar-refractivity contribution in [1.82, 2.24) is 15.0 Å². The summed E-state index contributed by atoms with van der Waals surface area (Å²) in [7, 11) is 0. The second-order valence-corrected chi connectivity index (χ2v) is 11.6. The molecule has 2 aromatic carbocycles. The first-order valence-electron chi connectivity index (χ1n) is 13.5. The fourth-order valence-electron chi connectivity index (χ4n) is 5.42. The molecule has 8 heteroatoms. The number of piperidine rings is 1. The molecule has 2 aliphatic heterocycles. The van der Waals surface area contributed by atoms with Gasteiger partial charge in [0.1, 0.15) is 11.5 Å². The van der Waals surface area contributed by atoms with Crippen LogP contribution < -0.4 is 10.2 Å². The zero-order valence-electron chi connectivity index (χ0n) is 21.3. The average Bonchev–Trinajstić information content (AvgIpc) is 3.36. The molecule has 38 heavy (non-hydrogen) atoms. The lowest BCUT2D eigenvalue weighted by Gasteiger charge is -2.31. The van der Waals surface area contributed by atoms with Crippen LogP contribution >= 0.6 is 11.8 Å². The minimum atomic E-state index is -0.201. The van der Waals surface area contributed by atoms with Gasteiger partial charge >= 0.3 is 0 Å². The molecule has 0 unspecified atom stereocenters. The second-order valence-electron chi connectivity index (χ2n) is 10.5. The predicted molar refractivity (Wildman–Crippen MR) is 151 cm³/mol. The summed E-state index contributed by atoms with van der Waals surface area (Å²) in [6.45, 7) is 1.85. The van der Waals surface area contributed by atoms with Crippen molar-refractivity contribution in [3.63, 3.8) is 0 Å². The third kappa shape index (κ3) is 4.46. The summed E-state index contributed by atoms with van der Waals surface area (Å²) in [6, 6.07) is 20.5. The Bertz CT molecular complexity index is 1370. The van der Waals surface area contributed by atoms with Gasteiger partial charge in [-0.1, -0.05) is 60.7 Å². The Hall–Kier alpha value is -3.36. The van der Waals surface area contributed by atoms with E-state index in [-0.39, 0.29) is 18.1 Å². The molecule has 0 amide bonds. The molecule has 0 radical (unpaired) electrons. The van der Waals surface area contributed by atoms with E-state index >= 15 is 0 Å². The molecule has 194 valence electrons. The summed E-state index contributed by atoms with van der Waals surface area (Å²) in [5.41, 5.74) is 3.95. The first-order chi connectivity index (χ1) is 18.7. The van der Waals surface area contributed by atoms with E-state index in [1.807, 2.05) is 48.2 Å². The van der Waals surface area contributed by atoms with E-state index in [1.165, 1.54) is 0 Å². The number of thioether (sulfide) groups is 1. The topological polar surface area (TPSA) is 87.3 Å². The Morgan fingerprint density at radius 1 is 0.947 bits per heavy atom. The number of benzene rings is 2. The fraction of sp³-hybridized carbons (Fsp3) is 0.367. The van der Waals surface area contributed by atoms with Crippen LogP contribution in [0.15, 0.2) is 70.0 Å². The maximum Gasteiger partial charge on any atom is 0.227 e. The standard InChI is InChI=1S/C30H31N5O2S/c36-19-30(14-15-30)34-27-26-23(13-18-38-26)31-29(33-27)35-16-11-22(12-17-35)28-32-24(20-7-3-1-4-8-20)25(37-28)21-9-5-2-6-10-21/h1-10,22,36H,11-19H2,(H,31,33,34). The Morgan fingerprint density at radius 3 is 2.34 bits per heavy atom. The van der Waals surface area contributed by atoms with E-state index in [9.17, 15) is 5.11 Å². The lowest BCUT2D eigenvalue weighted by molar-refractivity contribution is 0.265. The predicted octanol–water partition coefficient (Wildman–Crippen LogP) is 5.77. The minimum absolute atomic E-state index is 0.142. The van der Waals surface area contributed by atoms with Gasteiger partial charge in [0.15, 0.2) is 11.7 Å². The number of aryl methyl sites for hydroxylation is 1. The smallest absolute Gasteiger partial charge is 0.227 e. The quantitative estimate of drug-likeness (QED) is 0.315. The third-order valence-electron chi connectivity index (χ3n) is 7.90. The van der Waals surface area contributed by atoms with Crippen LogP contribution in [0.25, 0.3) is 22.6 Å². The molecule has 0 atom stereocenters. The maximum atomic E-state index is 9.85. The monoisotopic (exact) mass is 525 g/mol. The number of nitrogens with one attached hydrogen (secondary N) is 1. The molecule has 7 rings (SSSR count). The van der Waals surface area contributed by atoms with Crippen LogP contribution in [0.3, 0.4) is 0 Å². The van der Waals surface area contributed by atoms with Crippen molar-refractivity contribution in [1.29, 1.82) is 0 Å². The first-order valence-corrected chi connectivity index (χ1v) is 14.5. The zero-order valence-corrected chi connectivity index (χ0v) is 22.1. The number of aliphatic hydroxyl groups is 1. The van der Waals surface area contributed by atoms with Gasteiger partial charge < -0.3 is 19.7 Å². The van der Waals surface area contributed by atoms with E-state index in [1.54, 1.807) is 0 Å². The highest BCUT2D eigenvalue weighted by Crippen LogP contribution is 2.44. The average molecular weight is 526 g/mol. The summed E-state index contributed by atoms with van der Waals surface area (Å²) in [5, 5.41) is 13.4. The van der Waals surface area contributed by atoms with E-state index in [0.29, 0.717) is 0 Å². The molecule has 2 aromatic heterocycles. The van der Waals surface area contributed by atoms with Gasteiger partial charge in [-0.2, -0.15) is 4.98 Å². The highest BCUT2D eigenvalue weighted by molar-refractivity contribution is 7.99. The van der Waals surface area contributed by atoms with Crippen molar-refractivity contribution in [2.45, 2.75) is 48.5 Å². The number of fused-ring (bicyclic) bond motifs is 1. The number of hydrogen-bond acceptors (Lipinski definition) is 8. The molecule has 0 spiro atoms. The number of anilines is 2.